The molecule has 1 saturated heterocycles. The molecule has 1 heterocycles. The Morgan fingerprint density at radius 3 is 2.50 bits per heavy atom. The van der Waals surface area contributed by atoms with Crippen molar-refractivity contribution in [2.24, 2.45) is 5.92 Å². The fraction of sp³-hybridized carbons (Fsp3) is 0.625. The van der Waals surface area contributed by atoms with Crippen LogP contribution in [0.1, 0.15) is 48.8 Å². The summed E-state index contributed by atoms with van der Waals surface area (Å²) in [5, 5.41) is 3.38. The number of rotatable bonds is 4. The highest BCUT2D eigenvalue weighted by molar-refractivity contribution is 7.91. The Morgan fingerprint density at radius 1 is 1.20 bits per heavy atom. The molecule has 2 aliphatic rings. The predicted molar refractivity (Wildman–Crippen MR) is 81.6 cm³/mol. The third kappa shape index (κ3) is 2.63. The highest BCUT2D eigenvalue weighted by Gasteiger charge is 2.35. The molecule has 4 heteroatoms. The van der Waals surface area contributed by atoms with Crippen LogP contribution in [0, 0.1) is 5.92 Å². The highest BCUT2D eigenvalue weighted by Crippen LogP contribution is 2.41. The molecular formula is C16H23NO2S. The second-order valence-electron chi connectivity index (χ2n) is 6.19. The zero-order valence-electron chi connectivity index (χ0n) is 12.0. The zero-order chi connectivity index (χ0) is 14.2. The van der Waals surface area contributed by atoms with Crippen LogP contribution in [0.15, 0.2) is 24.3 Å². The van der Waals surface area contributed by atoms with E-state index in [-0.39, 0.29) is 12.0 Å². The molecule has 0 spiro atoms. The van der Waals surface area contributed by atoms with Crippen molar-refractivity contribution in [3.05, 3.63) is 35.4 Å². The van der Waals surface area contributed by atoms with E-state index in [1.807, 2.05) is 7.05 Å². The number of nitrogens with one attached hydrogen (secondary N) is 1. The summed E-state index contributed by atoms with van der Waals surface area (Å²) in [5.74, 6) is 1.57. The summed E-state index contributed by atoms with van der Waals surface area (Å²) in [7, 11) is -0.872. The van der Waals surface area contributed by atoms with Crippen molar-refractivity contribution in [3.8, 4) is 0 Å². The highest BCUT2D eigenvalue weighted by atomic mass is 32.2. The van der Waals surface area contributed by atoms with Crippen LogP contribution < -0.4 is 5.32 Å². The van der Waals surface area contributed by atoms with E-state index in [9.17, 15) is 8.42 Å². The Morgan fingerprint density at radius 2 is 1.95 bits per heavy atom. The summed E-state index contributed by atoms with van der Waals surface area (Å²) in [6.07, 6.45) is 4.65. The lowest BCUT2D eigenvalue weighted by Gasteiger charge is -2.32. The average molecular weight is 293 g/mol. The maximum atomic E-state index is 11.8. The van der Waals surface area contributed by atoms with Crippen LogP contribution >= 0.6 is 0 Å². The topological polar surface area (TPSA) is 46.2 Å². The zero-order valence-corrected chi connectivity index (χ0v) is 12.8. The molecule has 2 fully saturated rings. The van der Waals surface area contributed by atoms with Gasteiger partial charge in [0.15, 0.2) is 9.84 Å². The van der Waals surface area contributed by atoms with Crippen LogP contribution in [0.3, 0.4) is 0 Å². The first kappa shape index (κ1) is 14.1. The second kappa shape index (κ2) is 5.49. The molecule has 0 aromatic heterocycles. The number of benzene rings is 1. The maximum absolute atomic E-state index is 11.8. The lowest BCUT2D eigenvalue weighted by molar-refractivity contribution is 0.388. The minimum Gasteiger partial charge on any atom is -0.313 e. The number of hydrogen-bond donors (Lipinski definition) is 1. The Balaban J connectivity index is 1.89. The van der Waals surface area contributed by atoms with Gasteiger partial charge in [-0.15, -0.1) is 0 Å². The van der Waals surface area contributed by atoms with Gasteiger partial charge in [0.1, 0.15) is 0 Å². The molecule has 1 N–H and O–H groups in total. The minimum atomic E-state index is -2.82. The first-order valence-corrected chi connectivity index (χ1v) is 9.39. The largest absolute Gasteiger partial charge is 0.313 e. The summed E-state index contributed by atoms with van der Waals surface area (Å²) in [4.78, 5) is 0. The van der Waals surface area contributed by atoms with Crippen molar-refractivity contribution >= 4 is 9.84 Å². The third-order valence-electron chi connectivity index (χ3n) is 4.93. The van der Waals surface area contributed by atoms with Crippen molar-refractivity contribution < 1.29 is 8.42 Å². The van der Waals surface area contributed by atoms with Gasteiger partial charge in [0, 0.05) is 6.04 Å². The van der Waals surface area contributed by atoms with E-state index in [1.54, 1.807) is 0 Å². The monoisotopic (exact) mass is 293 g/mol. The van der Waals surface area contributed by atoms with E-state index in [4.69, 9.17) is 0 Å². The van der Waals surface area contributed by atoms with Gasteiger partial charge in [-0.25, -0.2) is 8.42 Å². The van der Waals surface area contributed by atoms with Gasteiger partial charge in [-0.1, -0.05) is 30.7 Å². The van der Waals surface area contributed by atoms with Gasteiger partial charge < -0.3 is 5.32 Å². The van der Waals surface area contributed by atoms with E-state index in [0.717, 1.165) is 6.42 Å². The summed E-state index contributed by atoms with van der Waals surface area (Å²) >= 11 is 0. The molecule has 1 aromatic rings. The summed E-state index contributed by atoms with van der Waals surface area (Å²) in [6, 6.07) is 8.76. The van der Waals surface area contributed by atoms with Gasteiger partial charge in [0.2, 0.25) is 0 Å². The van der Waals surface area contributed by atoms with Gasteiger partial charge in [-0.3, -0.25) is 0 Å². The van der Waals surface area contributed by atoms with E-state index < -0.39 is 9.84 Å². The van der Waals surface area contributed by atoms with E-state index in [2.05, 4.69) is 29.6 Å². The lowest BCUT2D eigenvalue weighted by Crippen LogP contribution is -2.28. The Kier molecular flexibility index (Phi) is 3.87. The lowest BCUT2D eigenvalue weighted by atomic mass is 9.76. The SMILES string of the molecule is CNC(c1ccccc1C1CCC1)C1CCS(=O)(=O)C1. The first-order valence-electron chi connectivity index (χ1n) is 7.57. The fourth-order valence-electron chi connectivity index (χ4n) is 3.62. The Bertz CT molecular complexity index is 578. The normalized spacial score (nSPS) is 27.1. The van der Waals surface area contributed by atoms with Gasteiger partial charge in [-0.05, 0) is 49.3 Å². The molecule has 1 aromatic carbocycles. The summed E-state index contributed by atoms with van der Waals surface area (Å²) in [6.45, 7) is 0. The van der Waals surface area contributed by atoms with Crippen LogP contribution in [-0.2, 0) is 9.84 Å². The van der Waals surface area contributed by atoms with Crippen LogP contribution in [0.25, 0.3) is 0 Å². The van der Waals surface area contributed by atoms with Gasteiger partial charge >= 0.3 is 0 Å². The van der Waals surface area contributed by atoms with Crippen LogP contribution in [0.5, 0.6) is 0 Å². The van der Waals surface area contributed by atoms with Crippen molar-refractivity contribution in [1.29, 1.82) is 0 Å². The van der Waals surface area contributed by atoms with E-state index in [1.165, 1.54) is 30.4 Å². The average Bonchev–Trinajstić information content (AvgIpc) is 2.70. The smallest absolute Gasteiger partial charge is 0.150 e. The van der Waals surface area contributed by atoms with Gasteiger partial charge in [0.05, 0.1) is 11.5 Å². The molecule has 2 unspecified atom stereocenters. The van der Waals surface area contributed by atoms with Crippen molar-refractivity contribution in [3.63, 3.8) is 0 Å². The second-order valence-corrected chi connectivity index (χ2v) is 8.41. The molecule has 3 rings (SSSR count). The Labute approximate surface area is 121 Å². The maximum Gasteiger partial charge on any atom is 0.150 e. The predicted octanol–water partition coefficient (Wildman–Crippen LogP) is 2.65. The molecule has 1 aliphatic heterocycles. The third-order valence-corrected chi connectivity index (χ3v) is 6.72. The number of sulfone groups is 1. The standard InChI is InChI=1S/C16H23NO2S/c1-17-16(13-9-10-20(18,19)11-13)15-8-3-2-7-14(15)12-5-4-6-12/h2-3,7-8,12-13,16-17H,4-6,9-11H2,1H3. The molecular weight excluding hydrogens is 270 g/mol. The quantitative estimate of drug-likeness (QED) is 0.928. The molecule has 1 saturated carbocycles. The van der Waals surface area contributed by atoms with Crippen molar-refractivity contribution in [2.75, 3.05) is 18.6 Å². The van der Waals surface area contributed by atoms with Crippen LogP contribution in [0.4, 0.5) is 0 Å². The molecule has 20 heavy (non-hydrogen) atoms. The van der Waals surface area contributed by atoms with Gasteiger partial charge in [0.25, 0.3) is 0 Å². The van der Waals surface area contributed by atoms with Crippen molar-refractivity contribution in [2.45, 2.75) is 37.6 Å². The molecule has 0 bridgehead atoms. The molecule has 0 amide bonds. The fourth-order valence-corrected chi connectivity index (χ4v) is 5.46. The molecule has 110 valence electrons. The number of hydrogen-bond acceptors (Lipinski definition) is 3. The van der Waals surface area contributed by atoms with E-state index in [0.29, 0.717) is 17.4 Å². The Hall–Kier alpha value is -0.870. The summed E-state index contributed by atoms with van der Waals surface area (Å²) in [5.41, 5.74) is 2.75. The van der Waals surface area contributed by atoms with E-state index >= 15 is 0 Å². The van der Waals surface area contributed by atoms with Crippen LogP contribution in [-0.4, -0.2) is 27.0 Å². The first-order chi connectivity index (χ1) is 9.61. The van der Waals surface area contributed by atoms with Gasteiger partial charge in [-0.2, -0.15) is 0 Å². The van der Waals surface area contributed by atoms with Crippen molar-refractivity contribution in [1.82, 2.24) is 5.32 Å². The van der Waals surface area contributed by atoms with Crippen LogP contribution in [0.2, 0.25) is 0 Å². The molecule has 2 atom stereocenters. The molecule has 3 nitrogen and oxygen atoms in total. The molecule has 0 radical (unpaired) electrons. The summed E-state index contributed by atoms with van der Waals surface area (Å²) < 4.78 is 23.5. The molecule has 1 aliphatic carbocycles. The minimum absolute atomic E-state index is 0.170.